The van der Waals surface area contributed by atoms with Gasteiger partial charge in [-0.25, -0.2) is 25.3 Å². The molecular weight excluding hydrogens is 1720 g/mol. The van der Waals surface area contributed by atoms with Crippen molar-refractivity contribution in [2.45, 2.75) is 268 Å². The van der Waals surface area contributed by atoms with Gasteiger partial charge < -0.3 is 48.1 Å². The smallest absolute Gasteiger partial charge is 0.312 e. The molecule has 7 heterocycles. The van der Waals surface area contributed by atoms with Crippen LogP contribution in [0.15, 0.2) is 60.7 Å². The molecule has 696 valence electrons. The molecule has 2 N–H and O–H groups in total. The van der Waals surface area contributed by atoms with Crippen LogP contribution < -0.4 is 0 Å². The Morgan fingerprint density at radius 2 is 0.669 bits per heavy atom. The molecule has 0 saturated carbocycles. The van der Waals surface area contributed by atoms with Crippen molar-refractivity contribution in [2.75, 3.05) is 120 Å². The number of carbonyl (C=O) groups is 7. The Morgan fingerprint density at radius 1 is 0.397 bits per heavy atom. The molecule has 2 aromatic rings. The average Bonchev–Trinajstić information content (AvgIpc) is 0.799. The lowest BCUT2D eigenvalue weighted by molar-refractivity contribution is -0.170. The quantitative estimate of drug-likeness (QED) is 0.0426. The molecule has 0 spiro atoms. The van der Waals surface area contributed by atoms with E-state index in [-0.39, 0.29) is 145 Å². The molecule has 0 aliphatic carbocycles. The maximum Gasteiger partial charge on any atom is 0.312 e. The van der Waals surface area contributed by atoms with Crippen LogP contribution in [0, 0.1) is 39.4 Å². The summed E-state index contributed by atoms with van der Waals surface area (Å²) in [5, 5.41) is 17.6. The molecule has 0 aromatic heterocycles. The van der Waals surface area contributed by atoms with Crippen LogP contribution in [0.5, 0.6) is 0 Å². The van der Waals surface area contributed by atoms with Gasteiger partial charge in [0, 0.05) is 19.8 Å². The summed E-state index contributed by atoms with van der Waals surface area (Å²) < 4.78 is 140. The number of sulfone groups is 3. The third kappa shape index (κ3) is 46.4. The number of hydrogen-bond acceptors (Lipinski definition) is 29. The molecule has 7 saturated heterocycles. The zero-order chi connectivity index (χ0) is 91.3. The van der Waals surface area contributed by atoms with Crippen molar-refractivity contribution in [1.82, 2.24) is 0 Å². The highest BCUT2D eigenvalue weighted by atomic mass is 32.2. The van der Waals surface area contributed by atoms with E-state index in [4.69, 9.17) is 52.3 Å². The minimum Gasteiger partial charge on any atom is -0.481 e. The Kier molecular flexibility index (Phi) is 47.4. The molecule has 0 unspecified atom stereocenters. The Hall–Kier alpha value is -4.23. The SMILES string of the molecule is CC(C)(C)OC(=O)C1(CCO)CCS(=O)(=O)CC1.CC(C)(C)OC(=O)C1(CCOCc2ccccc2)CCS(=O)(=O)CC1.CC(C)(C)OC(=O)C1(CCOCc2ccccc2)CCSCC1.CC(C)(C)OC(=O)C1(CCOS(C)(=O)=O)CCS(=O)(=O)CC1.CC(C)(C)OC(=O)C1CCSCC1.CCOC(=O)C1CCSCC1.O=C(O)C1CCSCC1. The minimum atomic E-state index is -3.61. The standard InChI is InChI=1S/C19H28O5S.C19H28O3S.C13H24O7S2.C12H22O5S.C10H18O2S.C8H14O2S.C6H10O2S/c1-18(2,3)24-17(20)19(10-13-25(21,22)14-11-19)9-12-23-15-16-7-5-4-6-8-16;1-18(2,3)22-17(20)19(10-13-23-14-11-19)9-12-21-15-16-7-5-4-6-8-16;1-12(2,3)20-11(14)13(5-8-19-21(4,15)16)6-9-22(17,18)10-7-13;1-11(2,3)17-10(14)12(4-7-13)5-8-18(15,16)9-6-12;1-10(2,3)12-9(11)8-4-6-13-7-5-8;1-2-10-8(9)7-3-5-11-6-4-7;7-6(8)5-1-3-9-4-2-5/h4-8H,9-15H2,1-3H3;4-8H,9-15H2,1-3H3;5-10H2,1-4H3;13H,4-9H2,1-3H3;8H,4-7H2,1-3H3;7H,2-6H2,1H3;5H,1-4H2,(H,7,8). The summed E-state index contributed by atoms with van der Waals surface area (Å²) in [6, 6.07) is 20.0. The third-order valence-corrected chi connectivity index (χ3v) is 30.3. The number of thioether (sulfide) groups is 4. The zero-order valence-electron chi connectivity index (χ0n) is 75.0. The number of ether oxygens (including phenoxy) is 8. The van der Waals surface area contributed by atoms with E-state index in [1.165, 1.54) is 0 Å². The number of aliphatic hydroxyl groups is 1. The van der Waals surface area contributed by atoms with Crippen molar-refractivity contribution in [3.8, 4) is 0 Å². The van der Waals surface area contributed by atoms with Crippen molar-refractivity contribution >= 4 is 128 Å². The van der Waals surface area contributed by atoms with Crippen molar-refractivity contribution in [2.24, 2.45) is 39.4 Å². The second-order valence-corrected chi connectivity index (χ2v) is 50.3. The number of carboxylic acids is 1. The average molecular weight is 1860 g/mol. The Labute approximate surface area is 741 Å². The maximum atomic E-state index is 12.7. The minimum absolute atomic E-state index is 0.00667. The molecule has 0 radical (unpaired) electrons. The van der Waals surface area contributed by atoms with E-state index in [1.807, 2.05) is 165 Å². The van der Waals surface area contributed by atoms with Crippen molar-refractivity contribution in [1.29, 1.82) is 0 Å². The number of rotatable bonds is 24. The van der Waals surface area contributed by atoms with Gasteiger partial charge >= 0.3 is 41.8 Å². The van der Waals surface area contributed by atoms with Gasteiger partial charge in [0.2, 0.25) is 0 Å². The summed E-state index contributed by atoms with van der Waals surface area (Å²) in [6.45, 7) is 31.7. The maximum absolute atomic E-state index is 12.7. The first kappa shape index (κ1) is 111. The van der Waals surface area contributed by atoms with Crippen LogP contribution in [0.3, 0.4) is 0 Å². The molecule has 7 fully saturated rings. The predicted molar refractivity (Wildman–Crippen MR) is 482 cm³/mol. The van der Waals surface area contributed by atoms with Crippen LogP contribution in [0.2, 0.25) is 0 Å². The van der Waals surface area contributed by atoms with Crippen molar-refractivity contribution in [3.63, 3.8) is 0 Å². The van der Waals surface area contributed by atoms with Gasteiger partial charge in [-0.2, -0.15) is 55.5 Å². The van der Waals surface area contributed by atoms with E-state index in [2.05, 4.69) is 12.1 Å². The van der Waals surface area contributed by atoms with Gasteiger partial charge in [0.15, 0.2) is 0 Å². The lowest BCUT2D eigenvalue weighted by atomic mass is 9.79. The van der Waals surface area contributed by atoms with Crippen molar-refractivity contribution in [3.05, 3.63) is 71.8 Å². The fourth-order valence-electron chi connectivity index (χ4n) is 13.4. The van der Waals surface area contributed by atoms with E-state index in [1.54, 1.807) is 41.5 Å². The molecule has 7 aliphatic heterocycles. The van der Waals surface area contributed by atoms with Gasteiger partial charge in [0.1, 0.15) is 57.5 Å². The lowest BCUT2D eigenvalue weighted by Gasteiger charge is -2.37. The second-order valence-electron chi connectivity index (χ2n) is 36.8. The van der Waals surface area contributed by atoms with E-state index in [0.29, 0.717) is 52.3 Å². The first-order valence-electron chi connectivity index (χ1n) is 42.2. The number of carbonyl (C=O) groups excluding carboxylic acids is 6. The number of hydrogen-bond donors (Lipinski definition) is 2. The summed E-state index contributed by atoms with van der Waals surface area (Å²) in [7, 11) is -12.8. The topological polar surface area (TPSA) is 380 Å². The molecule has 26 nitrogen and oxygen atoms in total. The van der Waals surface area contributed by atoms with E-state index in [9.17, 15) is 67.2 Å². The normalized spacial score (nSPS) is 20.1. The van der Waals surface area contributed by atoms with Crippen LogP contribution in [0.25, 0.3) is 0 Å². The van der Waals surface area contributed by atoms with Gasteiger partial charge in [-0.05, 0) is 284 Å². The molecule has 9 rings (SSSR count). The molecular formula is C87H144O26S8. The largest absolute Gasteiger partial charge is 0.481 e. The summed E-state index contributed by atoms with van der Waals surface area (Å²) >= 11 is 7.63. The van der Waals surface area contributed by atoms with Crippen LogP contribution in [0.4, 0.5) is 0 Å². The van der Waals surface area contributed by atoms with Crippen LogP contribution in [-0.4, -0.2) is 234 Å². The van der Waals surface area contributed by atoms with Crippen LogP contribution >= 0.6 is 47.0 Å². The number of esters is 6. The van der Waals surface area contributed by atoms with E-state index >= 15 is 0 Å². The van der Waals surface area contributed by atoms with Gasteiger partial charge in [-0.15, -0.1) is 0 Å². The van der Waals surface area contributed by atoms with Gasteiger partial charge in [-0.3, -0.25) is 37.7 Å². The Morgan fingerprint density at radius 3 is 0.942 bits per heavy atom. The number of aliphatic carboxylic acids is 1. The summed E-state index contributed by atoms with van der Waals surface area (Å²) in [5.74, 6) is 6.81. The van der Waals surface area contributed by atoms with Gasteiger partial charge in [0.05, 0.1) is 107 Å². The Bertz CT molecular complexity index is 3890. The molecule has 0 bridgehead atoms. The van der Waals surface area contributed by atoms with E-state index in [0.717, 1.165) is 121 Å². The fraction of sp³-hybridized carbons (Fsp3) is 0.782. The van der Waals surface area contributed by atoms with Gasteiger partial charge in [-0.1, -0.05) is 60.7 Å². The van der Waals surface area contributed by atoms with Crippen LogP contribution in [0.1, 0.15) is 237 Å². The third-order valence-electron chi connectivity index (χ3n) is 20.6. The van der Waals surface area contributed by atoms with Crippen molar-refractivity contribution < 1.29 is 120 Å². The lowest BCUT2D eigenvalue weighted by Crippen LogP contribution is -2.44. The molecule has 34 heteroatoms. The predicted octanol–water partition coefficient (Wildman–Crippen LogP) is 14.8. The molecule has 7 aliphatic rings. The number of aliphatic hydroxyl groups excluding tert-OH is 1. The highest BCUT2D eigenvalue weighted by Crippen LogP contribution is 2.44. The number of carboxylic acid groups (broad SMARTS) is 1. The molecule has 121 heavy (non-hydrogen) atoms. The Balaban J connectivity index is 0.000000373. The molecule has 2 aromatic carbocycles. The van der Waals surface area contributed by atoms with E-state index < -0.39 is 90.2 Å². The van der Waals surface area contributed by atoms with Gasteiger partial charge in [0.25, 0.3) is 10.1 Å². The summed E-state index contributed by atoms with van der Waals surface area (Å²) in [5.41, 5.74) is -3.40. The summed E-state index contributed by atoms with van der Waals surface area (Å²) in [6.07, 6.45) is 11.3. The first-order valence-corrected chi connectivity index (χ1v) is 54.1. The molecule has 0 amide bonds. The summed E-state index contributed by atoms with van der Waals surface area (Å²) in [4.78, 5) is 83.2. The highest BCUT2D eigenvalue weighted by molar-refractivity contribution is 8.00. The monoisotopic (exact) mass is 1860 g/mol. The zero-order valence-corrected chi connectivity index (χ0v) is 81.6. The fourth-order valence-corrected chi connectivity index (χ4v) is 23.2. The van der Waals surface area contributed by atoms with Crippen LogP contribution in [-0.2, 0) is 128 Å². The second kappa shape index (κ2) is 51.7. The number of benzene rings is 2. The highest BCUT2D eigenvalue weighted by Gasteiger charge is 2.49. The first-order chi connectivity index (χ1) is 56.0. The molecule has 0 atom stereocenters.